The van der Waals surface area contributed by atoms with Crippen molar-refractivity contribution in [2.75, 3.05) is 19.6 Å². The summed E-state index contributed by atoms with van der Waals surface area (Å²) in [6, 6.07) is 4.38. The molecule has 0 bridgehead atoms. The van der Waals surface area contributed by atoms with E-state index in [4.69, 9.17) is 4.52 Å². The third-order valence-electron chi connectivity index (χ3n) is 3.98. The van der Waals surface area contributed by atoms with Gasteiger partial charge in [0.25, 0.3) is 0 Å². The van der Waals surface area contributed by atoms with Crippen LogP contribution in [0.4, 0.5) is 0 Å². The van der Waals surface area contributed by atoms with Gasteiger partial charge in [0.2, 0.25) is 11.7 Å². The van der Waals surface area contributed by atoms with Crippen LogP contribution in [0.2, 0.25) is 0 Å². The van der Waals surface area contributed by atoms with Crippen molar-refractivity contribution in [3.63, 3.8) is 0 Å². The van der Waals surface area contributed by atoms with Crippen LogP contribution >= 0.6 is 0 Å². The second-order valence-electron chi connectivity index (χ2n) is 5.29. The van der Waals surface area contributed by atoms with Crippen LogP contribution in [0.5, 0.6) is 0 Å². The van der Waals surface area contributed by atoms with Crippen molar-refractivity contribution < 1.29 is 4.52 Å². The highest BCUT2D eigenvalue weighted by atomic mass is 16.5. The van der Waals surface area contributed by atoms with Crippen LogP contribution in [-0.4, -0.2) is 45.7 Å². The SMILES string of the molecule is CCN(Cc1nc(-c2ccncc2)no1)C1CCNCC1. The zero-order chi connectivity index (χ0) is 14.5. The second kappa shape index (κ2) is 6.78. The van der Waals surface area contributed by atoms with Crippen molar-refractivity contribution in [1.29, 1.82) is 0 Å². The van der Waals surface area contributed by atoms with Crippen molar-refractivity contribution in [2.24, 2.45) is 0 Å². The smallest absolute Gasteiger partial charge is 0.241 e. The summed E-state index contributed by atoms with van der Waals surface area (Å²) in [5, 5.41) is 7.47. The molecule has 0 aliphatic carbocycles. The van der Waals surface area contributed by atoms with Crippen molar-refractivity contribution in [1.82, 2.24) is 25.3 Å². The molecule has 2 aromatic heterocycles. The summed E-state index contributed by atoms with van der Waals surface area (Å²) in [5.74, 6) is 1.32. The van der Waals surface area contributed by atoms with Crippen LogP contribution < -0.4 is 5.32 Å². The van der Waals surface area contributed by atoms with Crippen LogP contribution in [0.1, 0.15) is 25.7 Å². The largest absolute Gasteiger partial charge is 0.338 e. The lowest BCUT2D eigenvalue weighted by molar-refractivity contribution is 0.144. The van der Waals surface area contributed by atoms with Gasteiger partial charge in [0.15, 0.2) is 0 Å². The first-order valence-electron chi connectivity index (χ1n) is 7.54. The van der Waals surface area contributed by atoms with Gasteiger partial charge in [-0.25, -0.2) is 0 Å². The molecule has 112 valence electrons. The van der Waals surface area contributed by atoms with Crippen molar-refractivity contribution >= 4 is 0 Å². The fourth-order valence-corrected chi connectivity index (χ4v) is 2.78. The quantitative estimate of drug-likeness (QED) is 0.903. The van der Waals surface area contributed by atoms with Crippen LogP contribution in [0, 0.1) is 0 Å². The fourth-order valence-electron chi connectivity index (χ4n) is 2.78. The maximum absolute atomic E-state index is 5.40. The highest BCUT2D eigenvalue weighted by molar-refractivity contribution is 5.52. The molecular weight excluding hydrogens is 266 g/mol. The molecule has 0 spiro atoms. The Morgan fingerprint density at radius 1 is 1.29 bits per heavy atom. The molecule has 0 amide bonds. The predicted octanol–water partition coefficient (Wildman–Crippen LogP) is 1.71. The summed E-state index contributed by atoms with van der Waals surface area (Å²) in [5.41, 5.74) is 0.935. The molecule has 1 N–H and O–H groups in total. The topological polar surface area (TPSA) is 67.1 Å². The molecule has 6 nitrogen and oxygen atoms in total. The van der Waals surface area contributed by atoms with E-state index >= 15 is 0 Å². The van der Waals surface area contributed by atoms with E-state index in [2.05, 4.69) is 32.3 Å². The van der Waals surface area contributed by atoms with E-state index in [1.807, 2.05) is 12.1 Å². The number of rotatable bonds is 5. The molecule has 1 fully saturated rings. The molecule has 1 aliphatic rings. The maximum Gasteiger partial charge on any atom is 0.241 e. The normalized spacial score (nSPS) is 16.5. The minimum absolute atomic E-state index is 0.604. The van der Waals surface area contributed by atoms with Crippen LogP contribution in [-0.2, 0) is 6.54 Å². The van der Waals surface area contributed by atoms with E-state index in [0.29, 0.717) is 17.8 Å². The van der Waals surface area contributed by atoms with E-state index in [1.54, 1.807) is 12.4 Å². The van der Waals surface area contributed by atoms with Crippen molar-refractivity contribution in [2.45, 2.75) is 32.4 Å². The average molecular weight is 287 g/mol. The highest BCUT2D eigenvalue weighted by Crippen LogP contribution is 2.17. The minimum atomic E-state index is 0.604. The maximum atomic E-state index is 5.40. The van der Waals surface area contributed by atoms with Gasteiger partial charge in [-0.15, -0.1) is 0 Å². The first-order valence-corrected chi connectivity index (χ1v) is 7.54. The molecule has 0 aromatic carbocycles. The van der Waals surface area contributed by atoms with Crippen molar-refractivity contribution in [3.05, 3.63) is 30.4 Å². The van der Waals surface area contributed by atoms with Gasteiger partial charge < -0.3 is 9.84 Å². The Bertz CT molecular complexity index is 550. The molecule has 21 heavy (non-hydrogen) atoms. The summed E-state index contributed by atoms with van der Waals surface area (Å²) < 4.78 is 5.40. The van der Waals surface area contributed by atoms with Gasteiger partial charge in [-0.2, -0.15) is 4.98 Å². The van der Waals surface area contributed by atoms with Gasteiger partial charge in [-0.05, 0) is 44.6 Å². The van der Waals surface area contributed by atoms with Gasteiger partial charge in [0.05, 0.1) is 6.54 Å². The Kier molecular flexibility index (Phi) is 4.57. The van der Waals surface area contributed by atoms with E-state index in [9.17, 15) is 0 Å². The highest BCUT2D eigenvalue weighted by Gasteiger charge is 2.21. The number of piperidine rings is 1. The molecule has 6 heteroatoms. The standard InChI is InChI=1S/C15H21N5O/c1-2-20(13-5-9-17-10-6-13)11-14-18-15(19-21-14)12-3-7-16-8-4-12/h3-4,7-8,13,17H,2,5-6,9-11H2,1H3. The molecular formula is C15H21N5O. The third-order valence-corrected chi connectivity index (χ3v) is 3.98. The van der Waals surface area contributed by atoms with Gasteiger partial charge in [-0.1, -0.05) is 12.1 Å². The number of nitrogens with zero attached hydrogens (tertiary/aromatic N) is 4. The number of aromatic nitrogens is 3. The van der Waals surface area contributed by atoms with E-state index in [-0.39, 0.29) is 0 Å². The lowest BCUT2D eigenvalue weighted by Gasteiger charge is -2.32. The molecule has 0 atom stereocenters. The first-order chi connectivity index (χ1) is 10.4. The van der Waals surface area contributed by atoms with Crippen LogP contribution in [0.3, 0.4) is 0 Å². The Hall–Kier alpha value is -1.79. The van der Waals surface area contributed by atoms with E-state index in [1.165, 1.54) is 12.8 Å². The summed E-state index contributed by atoms with van der Waals surface area (Å²) >= 11 is 0. The van der Waals surface area contributed by atoms with Gasteiger partial charge >= 0.3 is 0 Å². The Labute approximate surface area is 124 Å². The lowest BCUT2D eigenvalue weighted by atomic mass is 10.0. The minimum Gasteiger partial charge on any atom is -0.338 e. The summed E-state index contributed by atoms with van der Waals surface area (Å²) in [7, 11) is 0. The van der Waals surface area contributed by atoms with Gasteiger partial charge in [-0.3, -0.25) is 9.88 Å². The third kappa shape index (κ3) is 3.46. The average Bonchev–Trinajstić information content (AvgIpc) is 3.03. The van der Waals surface area contributed by atoms with Gasteiger partial charge in [0, 0.05) is 24.0 Å². The Balaban J connectivity index is 1.68. The van der Waals surface area contributed by atoms with E-state index < -0.39 is 0 Å². The number of hydrogen-bond donors (Lipinski definition) is 1. The molecule has 1 aliphatic heterocycles. The summed E-state index contributed by atoms with van der Waals surface area (Å²) in [4.78, 5) is 10.9. The van der Waals surface area contributed by atoms with E-state index in [0.717, 1.165) is 31.7 Å². The molecule has 0 radical (unpaired) electrons. The second-order valence-corrected chi connectivity index (χ2v) is 5.29. The zero-order valence-corrected chi connectivity index (χ0v) is 12.3. The summed E-state index contributed by atoms with van der Waals surface area (Å²) in [6.07, 6.45) is 5.83. The molecule has 3 heterocycles. The predicted molar refractivity (Wildman–Crippen MR) is 79.5 cm³/mol. The molecule has 3 rings (SSSR count). The number of hydrogen-bond acceptors (Lipinski definition) is 6. The summed E-state index contributed by atoms with van der Waals surface area (Å²) in [6.45, 7) is 6.08. The molecule has 0 saturated carbocycles. The lowest BCUT2D eigenvalue weighted by Crippen LogP contribution is -2.42. The molecule has 1 saturated heterocycles. The number of nitrogens with one attached hydrogen (secondary N) is 1. The fraction of sp³-hybridized carbons (Fsp3) is 0.533. The Morgan fingerprint density at radius 3 is 2.76 bits per heavy atom. The first kappa shape index (κ1) is 14.2. The zero-order valence-electron chi connectivity index (χ0n) is 12.3. The van der Waals surface area contributed by atoms with Crippen LogP contribution in [0.15, 0.2) is 29.0 Å². The molecule has 0 unspecified atom stereocenters. The van der Waals surface area contributed by atoms with Crippen LogP contribution in [0.25, 0.3) is 11.4 Å². The monoisotopic (exact) mass is 287 g/mol. The number of pyridine rings is 1. The Morgan fingerprint density at radius 2 is 2.05 bits per heavy atom. The van der Waals surface area contributed by atoms with Gasteiger partial charge in [0.1, 0.15) is 0 Å². The van der Waals surface area contributed by atoms with Crippen molar-refractivity contribution in [3.8, 4) is 11.4 Å². The molecule has 2 aromatic rings.